The average Bonchev–Trinajstić information content (AvgIpc) is 3.63. The number of nitrogens with one attached hydrogen (secondary N) is 3. The van der Waals surface area contributed by atoms with Crippen LogP contribution in [-0.4, -0.2) is 74.2 Å². The van der Waals surface area contributed by atoms with Crippen LogP contribution in [0, 0.1) is 12.7 Å². The highest BCUT2D eigenvalue weighted by Gasteiger charge is 2.40. The maximum Gasteiger partial charge on any atom is 0.261 e. The second-order valence-electron chi connectivity index (χ2n) is 16.1. The number of halogens is 1. The SMILES string of the molecule is CCc1ccc2c(c1)c(=O)c(C(=O)Nc1ccc(Oc3ncnc4cc(OCCCCCC(O)Nc5cccc6c5C(=O)N(C5CCC(=O)NC5=O)C6)c(OC)cc34)c(F)c1)c(C)n2C. The van der Waals surface area contributed by atoms with E-state index in [2.05, 4.69) is 25.9 Å². The fourth-order valence-electron chi connectivity index (χ4n) is 8.33. The zero-order chi connectivity index (χ0) is 45.9. The molecule has 4 N–H and O–H groups in total. The van der Waals surface area contributed by atoms with Crippen LogP contribution in [-0.2, 0) is 29.6 Å². The molecule has 4 aromatic carbocycles. The van der Waals surface area contributed by atoms with Crippen LogP contribution in [0.1, 0.15) is 83.0 Å². The highest BCUT2D eigenvalue weighted by Crippen LogP contribution is 2.37. The highest BCUT2D eigenvalue weighted by atomic mass is 19.1. The maximum atomic E-state index is 15.6. The normalized spacial score (nSPS) is 15.2. The van der Waals surface area contributed by atoms with Crippen LogP contribution >= 0.6 is 0 Å². The van der Waals surface area contributed by atoms with Crippen molar-refractivity contribution < 1.29 is 42.9 Å². The molecular formula is C48H48FN7O9. The van der Waals surface area contributed by atoms with E-state index in [4.69, 9.17) is 14.2 Å². The van der Waals surface area contributed by atoms with Gasteiger partial charge in [-0.2, -0.15) is 0 Å². The monoisotopic (exact) mass is 885 g/mol. The number of benzene rings is 4. The Balaban J connectivity index is 0.850. The van der Waals surface area contributed by atoms with Gasteiger partial charge in [-0.05, 0) is 93.0 Å². The molecule has 0 saturated carbocycles. The number of amides is 4. The number of imide groups is 1. The van der Waals surface area contributed by atoms with Crippen molar-refractivity contribution in [2.45, 2.75) is 77.6 Å². The first-order valence-corrected chi connectivity index (χ1v) is 21.4. The van der Waals surface area contributed by atoms with Crippen molar-refractivity contribution in [1.29, 1.82) is 0 Å². The summed E-state index contributed by atoms with van der Waals surface area (Å²) in [4.78, 5) is 74.5. The van der Waals surface area contributed by atoms with E-state index in [9.17, 15) is 29.1 Å². The van der Waals surface area contributed by atoms with Crippen molar-refractivity contribution in [3.05, 3.63) is 117 Å². The Morgan fingerprint density at radius 3 is 2.58 bits per heavy atom. The van der Waals surface area contributed by atoms with Gasteiger partial charge in [0.05, 0.1) is 35.7 Å². The maximum absolute atomic E-state index is 15.6. The molecule has 1 fully saturated rings. The molecule has 2 aliphatic heterocycles. The molecule has 0 radical (unpaired) electrons. The van der Waals surface area contributed by atoms with Gasteiger partial charge in [0.15, 0.2) is 23.1 Å². The minimum atomic E-state index is -0.930. The predicted octanol–water partition coefficient (Wildman–Crippen LogP) is 6.68. The Kier molecular flexibility index (Phi) is 12.8. The molecule has 2 unspecified atom stereocenters. The number of unbranched alkanes of at least 4 members (excludes halogenated alkanes) is 2. The van der Waals surface area contributed by atoms with Crippen LogP contribution in [0.4, 0.5) is 15.8 Å². The van der Waals surface area contributed by atoms with Gasteiger partial charge in [-0.15, -0.1) is 0 Å². The van der Waals surface area contributed by atoms with Crippen LogP contribution in [0.25, 0.3) is 21.8 Å². The summed E-state index contributed by atoms with van der Waals surface area (Å²) in [5.74, 6) is -1.90. The fourth-order valence-corrected chi connectivity index (χ4v) is 8.33. The number of carbonyl (C=O) groups is 4. The van der Waals surface area contributed by atoms with E-state index in [1.807, 2.05) is 25.1 Å². The number of anilines is 2. The number of nitrogens with zero attached hydrogens (tertiary/aromatic N) is 4. The van der Waals surface area contributed by atoms with Gasteiger partial charge in [-0.1, -0.05) is 25.1 Å². The lowest BCUT2D eigenvalue weighted by Crippen LogP contribution is -2.52. The average molecular weight is 886 g/mol. The Labute approximate surface area is 372 Å². The molecule has 4 amide bonds. The Bertz CT molecular complexity index is 2940. The largest absolute Gasteiger partial charge is 0.493 e. The van der Waals surface area contributed by atoms with Gasteiger partial charge in [0.25, 0.3) is 11.8 Å². The van der Waals surface area contributed by atoms with Gasteiger partial charge < -0.3 is 39.4 Å². The minimum Gasteiger partial charge on any atom is -0.493 e. The molecule has 4 heterocycles. The molecule has 2 aromatic heterocycles. The molecule has 0 bridgehead atoms. The van der Waals surface area contributed by atoms with Crippen molar-refractivity contribution >= 4 is 56.8 Å². The van der Waals surface area contributed by atoms with E-state index >= 15 is 4.39 Å². The number of aromatic nitrogens is 3. The summed E-state index contributed by atoms with van der Waals surface area (Å²) in [5, 5.41) is 19.7. The molecule has 0 aliphatic carbocycles. The fraction of sp³-hybridized carbons (Fsp3) is 0.312. The molecule has 0 spiro atoms. The molecule has 6 aromatic rings. The smallest absolute Gasteiger partial charge is 0.261 e. The topological polar surface area (TPSA) is 203 Å². The number of pyridine rings is 1. The first-order valence-electron chi connectivity index (χ1n) is 21.4. The summed E-state index contributed by atoms with van der Waals surface area (Å²) in [5.41, 5.74) is 3.94. The van der Waals surface area contributed by atoms with E-state index in [1.165, 1.54) is 30.5 Å². The second kappa shape index (κ2) is 18.8. The quantitative estimate of drug-likeness (QED) is 0.0457. The summed E-state index contributed by atoms with van der Waals surface area (Å²) in [6.45, 7) is 4.26. The Morgan fingerprint density at radius 1 is 0.985 bits per heavy atom. The van der Waals surface area contributed by atoms with E-state index in [-0.39, 0.29) is 54.1 Å². The first-order chi connectivity index (χ1) is 31.3. The third-order valence-corrected chi connectivity index (χ3v) is 11.9. The van der Waals surface area contributed by atoms with E-state index in [1.54, 1.807) is 48.9 Å². The predicted molar refractivity (Wildman–Crippen MR) is 240 cm³/mol. The van der Waals surface area contributed by atoms with Crippen molar-refractivity contribution in [3.63, 3.8) is 0 Å². The van der Waals surface area contributed by atoms with Gasteiger partial charge in [0.1, 0.15) is 24.2 Å². The Hall–Kier alpha value is -7.40. The number of fused-ring (bicyclic) bond motifs is 3. The number of ether oxygens (including phenoxy) is 3. The lowest BCUT2D eigenvalue weighted by atomic mass is 10.0. The molecule has 336 valence electrons. The third-order valence-electron chi connectivity index (χ3n) is 11.9. The molecule has 2 atom stereocenters. The third kappa shape index (κ3) is 9.04. The summed E-state index contributed by atoms with van der Waals surface area (Å²) in [6.07, 6.45) is 3.94. The van der Waals surface area contributed by atoms with Gasteiger partial charge >= 0.3 is 0 Å². The van der Waals surface area contributed by atoms with Crippen LogP contribution < -0.4 is 35.6 Å². The van der Waals surface area contributed by atoms with Crippen molar-refractivity contribution in [2.75, 3.05) is 24.4 Å². The van der Waals surface area contributed by atoms with E-state index in [0.717, 1.165) is 30.0 Å². The standard InChI is InChI=1S/C48H48FN7O9/c1-5-27-13-15-35-31(20-27)44(59)42(26(2)55(35)3)46(61)52-29-14-17-37(32(49)21-29)65-47-30-22-38(63-4)39(23-34(30)50-25-51-47)64-19-8-6-7-12-40(57)53-33-11-9-10-28-24-56(48(62)43(28)33)36-16-18-41(58)54-45(36)60/h9-11,13-15,17,20-23,25,36,40,53,57H,5-8,12,16,18-19,24H2,1-4H3,(H,52,61)(H,54,58,60). The number of carbonyl (C=O) groups excluding carboxylic acids is 4. The molecule has 1 saturated heterocycles. The summed E-state index contributed by atoms with van der Waals surface area (Å²) in [6, 6.07) is 17.5. The van der Waals surface area contributed by atoms with Gasteiger partial charge in [0, 0.05) is 54.6 Å². The number of aryl methyl sites for hydroxylation is 2. The van der Waals surface area contributed by atoms with Gasteiger partial charge in [-0.3, -0.25) is 29.3 Å². The van der Waals surface area contributed by atoms with Gasteiger partial charge in [-0.25, -0.2) is 14.4 Å². The van der Waals surface area contributed by atoms with Crippen LogP contribution in [0.3, 0.4) is 0 Å². The van der Waals surface area contributed by atoms with Crippen molar-refractivity contribution in [1.82, 2.24) is 24.8 Å². The lowest BCUT2D eigenvalue weighted by Gasteiger charge is -2.29. The lowest BCUT2D eigenvalue weighted by molar-refractivity contribution is -0.136. The van der Waals surface area contributed by atoms with Crippen molar-refractivity contribution in [2.24, 2.45) is 7.05 Å². The molecule has 17 heteroatoms. The van der Waals surface area contributed by atoms with E-state index < -0.39 is 35.3 Å². The highest BCUT2D eigenvalue weighted by molar-refractivity contribution is 6.08. The van der Waals surface area contributed by atoms with Crippen LogP contribution in [0.5, 0.6) is 23.1 Å². The van der Waals surface area contributed by atoms with E-state index in [0.29, 0.717) is 76.1 Å². The number of aliphatic hydroxyl groups is 1. The number of hydrogen-bond donors (Lipinski definition) is 4. The van der Waals surface area contributed by atoms with Gasteiger partial charge in [0.2, 0.25) is 23.1 Å². The molecule has 2 aliphatic rings. The van der Waals surface area contributed by atoms with Crippen LogP contribution in [0.15, 0.2) is 77.9 Å². The second-order valence-corrected chi connectivity index (χ2v) is 16.1. The first kappa shape index (κ1) is 44.2. The zero-order valence-corrected chi connectivity index (χ0v) is 36.3. The molecule has 65 heavy (non-hydrogen) atoms. The van der Waals surface area contributed by atoms with Crippen molar-refractivity contribution in [3.8, 4) is 23.1 Å². The number of rotatable bonds is 16. The zero-order valence-electron chi connectivity index (χ0n) is 36.3. The van der Waals surface area contributed by atoms with Crippen LogP contribution in [0.2, 0.25) is 0 Å². The molecule has 8 rings (SSSR count). The Morgan fingerprint density at radius 2 is 1.82 bits per heavy atom. The molecular weight excluding hydrogens is 838 g/mol. The molecule has 16 nitrogen and oxygen atoms in total. The summed E-state index contributed by atoms with van der Waals surface area (Å²) >= 11 is 0. The number of aliphatic hydroxyl groups excluding tert-OH is 1. The number of hydrogen-bond acceptors (Lipinski definition) is 12. The summed E-state index contributed by atoms with van der Waals surface area (Å²) < 4.78 is 35.0. The number of methoxy groups -OCH3 is 1. The number of piperidine rings is 1. The summed E-state index contributed by atoms with van der Waals surface area (Å²) in [7, 11) is 3.27. The minimum absolute atomic E-state index is 0.0291.